The van der Waals surface area contributed by atoms with E-state index in [0.29, 0.717) is 12.5 Å². The van der Waals surface area contributed by atoms with Crippen LogP contribution in [0.2, 0.25) is 0 Å². The Morgan fingerprint density at radius 3 is 2.80 bits per heavy atom. The van der Waals surface area contributed by atoms with Crippen LogP contribution in [0.25, 0.3) is 0 Å². The van der Waals surface area contributed by atoms with E-state index < -0.39 is 11.4 Å². The predicted molar refractivity (Wildman–Crippen MR) is 56.7 cm³/mol. The maximum atomic E-state index is 10.8. The molecule has 0 fully saturated rings. The van der Waals surface area contributed by atoms with E-state index in [0.717, 1.165) is 5.69 Å². The fourth-order valence-corrected chi connectivity index (χ4v) is 0.910. The lowest BCUT2D eigenvalue weighted by Crippen LogP contribution is -2.32. The molecule has 0 atom stereocenters. The zero-order chi connectivity index (χ0) is 11.5. The second kappa shape index (κ2) is 4.25. The number of nitrogens with zero attached hydrogens (tertiary/aromatic N) is 2. The van der Waals surface area contributed by atoms with E-state index in [1.54, 1.807) is 26.1 Å². The van der Waals surface area contributed by atoms with Gasteiger partial charge >= 0.3 is 5.97 Å². The van der Waals surface area contributed by atoms with E-state index in [-0.39, 0.29) is 0 Å². The molecule has 0 aliphatic carbocycles. The summed E-state index contributed by atoms with van der Waals surface area (Å²) in [6, 6.07) is 1.79. The van der Waals surface area contributed by atoms with Crippen molar-refractivity contribution in [3.63, 3.8) is 0 Å². The first-order valence-electron chi connectivity index (χ1n) is 4.69. The van der Waals surface area contributed by atoms with Crippen LogP contribution < -0.4 is 5.32 Å². The lowest BCUT2D eigenvalue weighted by atomic mass is 9.94. The van der Waals surface area contributed by atoms with E-state index in [1.807, 2.05) is 6.92 Å². The molecule has 0 amide bonds. The minimum absolute atomic E-state index is 0.297. The van der Waals surface area contributed by atoms with Crippen LogP contribution >= 0.6 is 0 Å². The zero-order valence-corrected chi connectivity index (χ0v) is 9.11. The first-order chi connectivity index (χ1) is 6.92. The molecule has 5 nitrogen and oxygen atoms in total. The molecule has 0 aliphatic rings. The summed E-state index contributed by atoms with van der Waals surface area (Å²) in [6.45, 7) is 5.46. The van der Waals surface area contributed by atoms with Crippen LogP contribution in [0.4, 0.5) is 5.95 Å². The normalized spacial score (nSPS) is 11.1. The summed E-state index contributed by atoms with van der Waals surface area (Å²) in [6.07, 6.45) is 1.64. The second-order valence-corrected chi connectivity index (χ2v) is 4.06. The first kappa shape index (κ1) is 11.4. The number of hydrogen-bond donors (Lipinski definition) is 2. The van der Waals surface area contributed by atoms with Crippen molar-refractivity contribution in [1.29, 1.82) is 0 Å². The molecule has 15 heavy (non-hydrogen) atoms. The Bertz CT molecular complexity index is 363. The van der Waals surface area contributed by atoms with E-state index in [4.69, 9.17) is 5.11 Å². The standard InChI is InChI=1S/C10H15N3O2/c1-7-4-5-11-9(13-7)12-6-10(2,3)8(14)15/h4-5H,6H2,1-3H3,(H,14,15)(H,11,12,13). The molecule has 0 bridgehead atoms. The zero-order valence-electron chi connectivity index (χ0n) is 9.11. The van der Waals surface area contributed by atoms with Crippen LogP contribution in [-0.4, -0.2) is 27.6 Å². The number of carboxylic acids is 1. The molecule has 0 aliphatic heterocycles. The van der Waals surface area contributed by atoms with Gasteiger partial charge in [-0.25, -0.2) is 9.97 Å². The average molecular weight is 209 g/mol. The summed E-state index contributed by atoms with van der Waals surface area (Å²) in [5.41, 5.74) is 0.0215. The Balaban J connectivity index is 2.61. The van der Waals surface area contributed by atoms with Crippen LogP contribution in [0, 0.1) is 12.3 Å². The highest BCUT2D eigenvalue weighted by Crippen LogP contribution is 2.15. The Kier molecular flexibility index (Phi) is 3.24. The fraction of sp³-hybridized carbons (Fsp3) is 0.500. The van der Waals surface area contributed by atoms with Gasteiger partial charge in [0.15, 0.2) is 0 Å². The molecule has 1 rings (SSSR count). The van der Waals surface area contributed by atoms with Gasteiger partial charge in [0.2, 0.25) is 5.95 Å². The third-order valence-corrected chi connectivity index (χ3v) is 2.06. The fourth-order valence-electron chi connectivity index (χ4n) is 0.910. The molecule has 2 N–H and O–H groups in total. The topological polar surface area (TPSA) is 75.1 Å². The van der Waals surface area contributed by atoms with Crippen LogP contribution in [-0.2, 0) is 4.79 Å². The summed E-state index contributed by atoms with van der Waals surface area (Å²) >= 11 is 0. The number of carboxylic acid groups (broad SMARTS) is 1. The number of carbonyl (C=O) groups is 1. The van der Waals surface area contributed by atoms with E-state index >= 15 is 0 Å². The van der Waals surface area contributed by atoms with Crippen molar-refractivity contribution in [2.45, 2.75) is 20.8 Å². The summed E-state index contributed by atoms with van der Waals surface area (Å²) in [7, 11) is 0. The number of aliphatic carboxylic acids is 1. The molecule has 82 valence electrons. The number of aromatic nitrogens is 2. The molecule has 0 aromatic carbocycles. The summed E-state index contributed by atoms with van der Waals surface area (Å²) in [5, 5.41) is 11.8. The van der Waals surface area contributed by atoms with Crippen molar-refractivity contribution < 1.29 is 9.90 Å². The minimum Gasteiger partial charge on any atom is -0.481 e. The first-order valence-corrected chi connectivity index (χ1v) is 4.69. The Morgan fingerprint density at radius 1 is 1.60 bits per heavy atom. The van der Waals surface area contributed by atoms with E-state index in [9.17, 15) is 4.79 Å². The van der Waals surface area contributed by atoms with Crippen molar-refractivity contribution >= 4 is 11.9 Å². The quantitative estimate of drug-likeness (QED) is 0.782. The summed E-state index contributed by atoms with van der Waals surface area (Å²) in [5.74, 6) is -0.382. The Morgan fingerprint density at radius 2 is 2.27 bits per heavy atom. The molecule has 1 heterocycles. The smallest absolute Gasteiger partial charge is 0.310 e. The number of hydrogen-bond acceptors (Lipinski definition) is 4. The van der Waals surface area contributed by atoms with Gasteiger partial charge in [-0.3, -0.25) is 4.79 Å². The predicted octanol–water partition coefficient (Wildman–Crippen LogP) is 1.31. The van der Waals surface area contributed by atoms with E-state index in [1.165, 1.54) is 0 Å². The Hall–Kier alpha value is -1.65. The van der Waals surface area contributed by atoms with Gasteiger partial charge in [-0.05, 0) is 26.8 Å². The highest BCUT2D eigenvalue weighted by Gasteiger charge is 2.26. The van der Waals surface area contributed by atoms with Crippen molar-refractivity contribution in [2.75, 3.05) is 11.9 Å². The molecular weight excluding hydrogens is 194 g/mol. The van der Waals surface area contributed by atoms with Gasteiger partial charge in [-0.15, -0.1) is 0 Å². The van der Waals surface area contributed by atoms with E-state index in [2.05, 4.69) is 15.3 Å². The number of rotatable bonds is 4. The average Bonchev–Trinajstić information content (AvgIpc) is 2.15. The van der Waals surface area contributed by atoms with Crippen molar-refractivity contribution in [3.8, 4) is 0 Å². The van der Waals surface area contributed by atoms with Crippen LogP contribution in [0.5, 0.6) is 0 Å². The number of anilines is 1. The van der Waals surface area contributed by atoms with Gasteiger partial charge in [0.25, 0.3) is 0 Å². The van der Waals surface area contributed by atoms with Crippen molar-refractivity contribution in [3.05, 3.63) is 18.0 Å². The van der Waals surface area contributed by atoms with Crippen molar-refractivity contribution in [2.24, 2.45) is 5.41 Å². The van der Waals surface area contributed by atoms with Gasteiger partial charge in [0.1, 0.15) is 0 Å². The van der Waals surface area contributed by atoms with Crippen LogP contribution in [0.3, 0.4) is 0 Å². The summed E-state index contributed by atoms with van der Waals surface area (Å²) < 4.78 is 0. The van der Waals surface area contributed by atoms with Gasteiger partial charge in [-0.2, -0.15) is 0 Å². The SMILES string of the molecule is Cc1ccnc(NCC(C)(C)C(=O)O)n1. The molecule has 0 saturated heterocycles. The molecule has 0 unspecified atom stereocenters. The number of nitrogens with one attached hydrogen (secondary N) is 1. The maximum absolute atomic E-state index is 10.8. The lowest BCUT2D eigenvalue weighted by Gasteiger charge is -2.19. The highest BCUT2D eigenvalue weighted by molar-refractivity contribution is 5.74. The third kappa shape index (κ3) is 3.19. The molecule has 0 saturated carbocycles. The molecule has 0 radical (unpaired) electrons. The van der Waals surface area contributed by atoms with Gasteiger partial charge in [0.05, 0.1) is 5.41 Å². The third-order valence-electron chi connectivity index (χ3n) is 2.06. The number of aryl methyl sites for hydroxylation is 1. The van der Waals surface area contributed by atoms with Crippen LogP contribution in [0.15, 0.2) is 12.3 Å². The van der Waals surface area contributed by atoms with Crippen molar-refractivity contribution in [1.82, 2.24) is 9.97 Å². The monoisotopic (exact) mass is 209 g/mol. The highest BCUT2D eigenvalue weighted by atomic mass is 16.4. The van der Waals surface area contributed by atoms with Gasteiger partial charge < -0.3 is 10.4 Å². The van der Waals surface area contributed by atoms with Crippen LogP contribution in [0.1, 0.15) is 19.5 Å². The maximum Gasteiger partial charge on any atom is 0.310 e. The largest absolute Gasteiger partial charge is 0.481 e. The molecule has 1 aromatic rings. The second-order valence-electron chi connectivity index (χ2n) is 4.06. The lowest BCUT2D eigenvalue weighted by molar-refractivity contribution is -0.146. The van der Waals surface area contributed by atoms with Gasteiger partial charge in [-0.1, -0.05) is 0 Å². The summed E-state index contributed by atoms with van der Waals surface area (Å²) in [4.78, 5) is 18.9. The molecule has 5 heteroatoms. The Labute approximate surface area is 88.6 Å². The molecule has 0 spiro atoms. The minimum atomic E-state index is -0.845. The van der Waals surface area contributed by atoms with Gasteiger partial charge in [0, 0.05) is 18.4 Å². The molecule has 1 aromatic heterocycles. The molecular formula is C10H15N3O2.